The van der Waals surface area contributed by atoms with Gasteiger partial charge >= 0.3 is 6.18 Å². The van der Waals surface area contributed by atoms with E-state index in [1.54, 1.807) is 24.3 Å². The van der Waals surface area contributed by atoms with Crippen LogP contribution in [0.5, 0.6) is 17.2 Å². The maximum Gasteiger partial charge on any atom is 0.416 e. The summed E-state index contributed by atoms with van der Waals surface area (Å²) in [5.41, 5.74) is 5.39. The molecule has 0 radical (unpaired) electrons. The van der Waals surface area contributed by atoms with E-state index in [0.717, 1.165) is 35.6 Å². The smallest absolute Gasteiger partial charge is 0.416 e. The molecule has 6 nitrogen and oxygen atoms in total. The number of aromatic hydroxyl groups is 3. The minimum Gasteiger partial charge on any atom is -0.508 e. The Hall–Kier alpha value is -4.90. The molecule has 0 atom stereocenters. The van der Waals surface area contributed by atoms with Gasteiger partial charge in [-0.3, -0.25) is 0 Å². The van der Waals surface area contributed by atoms with E-state index >= 15 is 0 Å². The van der Waals surface area contributed by atoms with Crippen LogP contribution in [0.2, 0.25) is 0 Å². The molecular weight excluding hydrogens is 1000 g/mol. The first-order valence-electron chi connectivity index (χ1n) is 27.9. The van der Waals surface area contributed by atoms with E-state index in [9.17, 15) is 17.6 Å². The zero-order valence-corrected chi connectivity index (χ0v) is 52.2. The van der Waals surface area contributed by atoms with Gasteiger partial charge in [-0.05, 0) is 141 Å². The van der Waals surface area contributed by atoms with Crippen molar-refractivity contribution in [3.63, 3.8) is 0 Å². The average molecular weight is 1110 g/mol. The van der Waals surface area contributed by atoms with Crippen LogP contribution < -0.4 is 0 Å². The van der Waals surface area contributed by atoms with Crippen LogP contribution in [0, 0.1) is 39.8 Å². The molecule has 0 heterocycles. The standard InChI is InChI=1S/C10H11F3.C9H11F.C9H12O2.C9H12O.C9H12.C8H18O2.C7H16O.C7H16.CH4/c1-7(2)8-3-5-9(6-4-8)10(11,12)13;1-7(2)8-3-5-9(10)6-4-8;1-6(2)7-3-8(10)5-9(11)4-7;1-7(2)8-4-3-5-9(10)6-8;1-8(2)9-6-4-3-5-7-9;1-4-8(5-9,6-10)7(2)3;1-6(2)7(3,4)5-8;1-6(2)7(3,4)5;/h3-7H,1-2H3;3-7H,1-2H3;3-6,10-11H,1-2H3;3-7,10H,1-2H3;3-8H,1-2H3;7,9-10H,4-6H2,1-3H3;6,8H,5H2,1-4H3;6H,1-5H3;1H4. The second kappa shape index (κ2) is 40.3. The fraction of sp³-hybridized carbons (Fsp3) is 0.565. The summed E-state index contributed by atoms with van der Waals surface area (Å²) in [7, 11) is 0. The predicted molar refractivity (Wildman–Crippen MR) is 331 cm³/mol. The van der Waals surface area contributed by atoms with Crippen molar-refractivity contribution in [2.75, 3.05) is 19.8 Å². The van der Waals surface area contributed by atoms with Crippen molar-refractivity contribution in [2.24, 2.45) is 34.0 Å². The number of hydrogen-bond donors (Lipinski definition) is 6. The summed E-state index contributed by atoms with van der Waals surface area (Å²) in [5.74, 6) is 4.36. The second-order valence-electron chi connectivity index (χ2n) is 24.2. The summed E-state index contributed by atoms with van der Waals surface area (Å²) in [4.78, 5) is 0. The molecule has 0 amide bonds. The van der Waals surface area contributed by atoms with E-state index in [-0.39, 0.29) is 61.3 Å². The molecular formula is C69H112F4O6. The molecule has 0 aliphatic rings. The molecule has 5 aromatic rings. The fourth-order valence-corrected chi connectivity index (χ4v) is 5.81. The Balaban J connectivity index is -0.000000409. The van der Waals surface area contributed by atoms with Crippen molar-refractivity contribution >= 4 is 0 Å². The number of aliphatic hydroxyl groups excluding tert-OH is 3. The predicted octanol–water partition coefficient (Wildman–Crippen LogP) is 20.3. The molecule has 79 heavy (non-hydrogen) atoms. The van der Waals surface area contributed by atoms with Gasteiger partial charge in [0.25, 0.3) is 0 Å². The number of halogens is 4. The van der Waals surface area contributed by atoms with Gasteiger partial charge in [-0.25, -0.2) is 4.39 Å². The fourth-order valence-electron chi connectivity index (χ4n) is 5.81. The van der Waals surface area contributed by atoms with Crippen LogP contribution in [0.4, 0.5) is 17.6 Å². The van der Waals surface area contributed by atoms with Crippen molar-refractivity contribution in [3.8, 4) is 17.2 Å². The van der Waals surface area contributed by atoms with Crippen molar-refractivity contribution in [1.82, 2.24) is 0 Å². The van der Waals surface area contributed by atoms with Crippen LogP contribution >= 0.6 is 0 Å². The summed E-state index contributed by atoms with van der Waals surface area (Å²) in [6, 6.07) is 34.4. The molecule has 0 saturated carbocycles. The Morgan fingerprint density at radius 3 is 0.962 bits per heavy atom. The van der Waals surface area contributed by atoms with Gasteiger partial charge in [0.2, 0.25) is 0 Å². The molecule has 0 fully saturated rings. The van der Waals surface area contributed by atoms with E-state index in [1.165, 1.54) is 47.0 Å². The van der Waals surface area contributed by atoms with Gasteiger partial charge in [-0.2, -0.15) is 13.2 Å². The highest BCUT2D eigenvalue weighted by Crippen LogP contribution is 2.32. The number of phenols is 3. The molecule has 0 unspecified atom stereocenters. The summed E-state index contributed by atoms with van der Waals surface area (Å²) < 4.78 is 48.7. The molecule has 5 rings (SSSR count). The van der Waals surface area contributed by atoms with Gasteiger partial charge in [-0.15, -0.1) is 0 Å². The first kappa shape index (κ1) is 80.6. The Kier molecular flexibility index (Phi) is 41.1. The van der Waals surface area contributed by atoms with Gasteiger partial charge in [0.15, 0.2) is 0 Å². The largest absolute Gasteiger partial charge is 0.508 e. The molecule has 0 aromatic heterocycles. The van der Waals surface area contributed by atoms with Gasteiger partial charge in [0.1, 0.15) is 23.1 Å². The number of aliphatic hydroxyl groups is 3. The highest BCUT2D eigenvalue weighted by Gasteiger charge is 2.31. The molecule has 452 valence electrons. The van der Waals surface area contributed by atoms with Crippen LogP contribution in [-0.4, -0.2) is 50.5 Å². The second-order valence-corrected chi connectivity index (χ2v) is 24.2. The van der Waals surface area contributed by atoms with Crippen molar-refractivity contribution < 1.29 is 48.2 Å². The minimum atomic E-state index is -4.23. The molecule has 6 N–H and O–H groups in total. The summed E-state index contributed by atoms with van der Waals surface area (Å²) >= 11 is 0. The van der Waals surface area contributed by atoms with E-state index in [1.807, 2.05) is 78.8 Å². The van der Waals surface area contributed by atoms with Crippen molar-refractivity contribution in [1.29, 1.82) is 0 Å². The molecule has 0 aliphatic heterocycles. The average Bonchev–Trinajstić information content (AvgIpc) is 3.35. The van der Waals surface area contributed by atoms with Crippen LogP contribution in [0.1, 0.15) is 229 Å². The van der Waals surface area contributed by atoms with Crippen molar-refractivity contribution in [2.45, 2.75) is 202 Å². The van der Waals surface area contributed by atoms with E-state index in [4.69, 9.17) is 30.6 Å². The first-order chi connectivity index (χ1) is 35.8. The third-order valence-electron chi connectivity index (χ3n) is 14.3. The Bertz CT molecular complexity index is 2210. The van der Waals surface area contributed by atoms with Gasteiger partial charge < -0.3 is 30.6 Å². The van der Waals surface area contributed by atoms with Crippen LogP contribution in [-0.2, 0) is 6.18 Å². The lowest BCUT2D eigenvalue weighted by Gasteiger charge is -2.32. The Morgan fingerprint density at radius 2 is 0.734 bits per heavy atom. The topological polar surface area (TPSA) is 121 Å². The number of benzene rings is 5. The number of alkyl halides is 3. The summed E-state index contributed by atoms with van der Waals surface area (Å²) in [6.07, 6.45) is -3.40. The highest BCUT2D eigenvalue weighted by molar-refractivity contribution is 5.38. The van der Waals surface area contributed by atoms with E-state index in [2.05, 4.69) is 128 Å². The number of hydrogen-bond acceptors (Lipinski definition) is 6. The molecule has 0 spiro atoms. The lowest BCUT2D eigenvalue weighted by Crippen LogP contribution is -2.34. The third-order valence-corrected chi connectivity index (χ3v) is 14.3. The number of phenolic OH excluding ortho intramolecular Hbond substituents is 3. The zero-order valence-electron chi connectivity index (χ0n) is 52.2. The lowest BCUT2D eigenvalue weighted by atomic mass is 9.76. The zero-order chi connectivity index (χ0) is 61.4. The lowest BCUT2D eigenvalue weighted by molar-refractivity contribution is -0.137. The van der Waals surface area contributed by atoms with Crippen molar-refractivity contribution in [3.05, 3.63) is 161 Å². The SMILES string of the molecule is C.CC(C)C(C)(C)C.CC(C)C(C)(C)CO.CC(C)c1cc(O)cc(O)c1.CC(C)c1ccc(C(F)(F)F)cc1.CC(C)c1ccc(F)cc1.CC(C)c1cccc(O)c1.CC(C)c1ccccc1.CCC(CO)(CO)C(C)C. The first-order valence-corrected chi connectivity index (χ1v) is 27.9. The third kappa shape index (κ3) is 36.2. The maximum atomic E-state index is 12.4. The van der Waals surface area contributed by atoms with Crippen LogP contribution in [0.15, 0.2) is 121 Å². The van der Waals surface area contributed by atoms with Gasteiger partial charge in [0.05, 0.1) is 18.8 Å². The van der Waals surface area contributed by atoms with Crippen LogP contribution in [0.3, 0.4) is 0 Å². The molecule has 0 aliphatic carbocycles. The number of rotatable bonds is 11. The van der Waals surface area contributed by atoms with E-state index < -0.39 is 11.7 Å². The minimum absolute atomic E-state index is 0. The van der Waals surface area contributed by atoms with Gasteiger partial charge in [0, 0.05) is 18.1 Å². The highest BCUT2D eigenvalue weighted by atomic mass is 19.4. The normalized spacial score (nSPS) is 11.3. The Morgan fingerprint density at radius 1 is 0.392 bits per heavy atom. The monoisotopic (exact) mass is 1110 g/mol. The van der Waals surface area contributed by atoms with Gasteiger partial charge in [-0.1, -0.05) is 226 Å². The van der Waals surface area contributed by atoms with E-state index in [0.29, 0.717) is 46.7 Å². The Labute approximate surface area is 479 Å². The molecule has 0 bridgehead atoms. The van der Waals surface area contributed by atoms with Crippen LogP contribution in [0.25, 0.3) is 0 Å². The molecule has 10 heteroatoms. The quantitative estimate of drug-likeness (QED) is 0.0733. The summed E-state index contributed by atoms with van der Waals surface area (Å²) in [6.45, 7) is 46.9. The maximum absolute atomic E-state index is 12.4. The summed E-state index contributed by atoms with van der Waals surface area (Å²) in [5, 5.41) is 54.0. The molecule has 5 aromatic carbocycles. The molecule has 0 saturated heterocycles.